The molecule has 0 radical (unpaired) electrons. The summed E-state index contributed by atoms with van der Waals surface area (Å²) in [5, 5.41) is 8.43. The number of oxazole rings is 1. The molecule has 28 heavy (non-hydrogen) atoms. The lowest BCUT2D eigenvalue weighted by Gasteiger charge is -1.99. The van der Waals surface area contributed by atoms with Crippen molar-refractivity contribution in [3.63, 3.8) is 0 Å². The largest absolute Gasteiger partial charge is 0.451 e. The van der Waals surface area contributed by atoms with Crippen LogP contribution >= 0.6 is 11.6 Å². The van der Waals surface area contributed by atoms with Gasteiger partial charge in [0.15, 0.2) is 12.3 Å². The van der Waals surface area contributed by atoms with Crippen molar-refractivity contribution in [1.29, 1.82) is 0 Å². The molecule has 0 aliphatic rings. The Morgan fingerprint density at radius 2 is 1.68 bits per heavy atom. The maximum absolute atomic E-state index is 12.3. The number of rotatable bonds is 5. The van der Waals surface area contributed by atoms with Gasteiger partial charge >= 0.3 is 5.97 Å². The quantitative estimate of drug-likeness (QED) is 0.452. The minimum atomic E-state index is -0.630. The summed E-state index contributed by atoms with van der Waals surface area (Å²) in [5.74, 6) is 0.577. The van der Waals surface area contributed by atoms with Crippen molar-refractivity contribution in [3.8, 4) is 22.9 Å². The summed E-state index contributed by atoms with van der Waals surface area (Å²) in [7, 11) is 0. The molecule has 0 bridgehead atoms. The van der Waals surface area contributed by atoms with Crippen LogP contribution in [-0.4, -0.2) is 21.2 Å². The van der Waals surface area contributed by atoms with Crippen LogP contribution in [-0.2, 0) is 11.3 Å². The smallest absolute Gasteiger partial charge is 0.361 e. The summed E-state index contributed by atoms with van der Waals surface area (Å²) in [4.78, 5) is 16.6. The third-order valence-corrected chi connectivity index (χ3v) is 4.15. The molecule has 2 aromatic heterocycles. The van der Waals surface area contributed by atoms with Crippen molar-refractivity contribution in [2.45, 2.75) is 13.5 Å². The van der Waals surface area contributed by atoms with E-state index in [4.69, 9.17) is 25.2 Å². The first kappa shape index (κ1) is 17.9. The van der Waals surface area contributed by atoms with Gasteiger partial charge in [-0.25, -0.2) is 9.78 Å². The van der Waals surface area contributed by atoms with E-state index < -0.39 is 5.97 Å². The lowest BCUT2D eigenvalue weighted by atomic mass is 10.2. The summed E-state index contributed by atoms with van der Waals surface area (Å²) in [6.45, 7) is 1.48. The van der Waals surface area contributed by atoms with Gasteiger partial charge in [-0.15, -0.1) is 10.2 Å². The predicted octanol–water partition coefficient (Wildman–Crippen LogP) is 4.71. The van der Waals surface area contributed by atoms with Crippen molar-refractivity contribution >= 4 is 17.6 Å². The highest BCUT2D eigenvalue weighted by molar-refractivity contribution is 6.30. The molecule has 8 heteroatoms. The minimum Gasteiger partial charge on any atom is -0.451 e. The number of carbonyl (C=O) groups excluding carboxylic acids is 1. The highest BCUT2D eigenvalue weighted by Crippen LogP contribution is 2.23. The number of hydrogen-bond donors (Lipinski definition) is 0. The van der Waals surface area contributed by atoms with E-state index in [0.717, 1.165) is 5.56 Å². The van der Waals surface area contributed by atoms with Gasteiger partial charge in [0.2, 0.25) is 11.8 Å². The molecule has 0 aliphatic carbocycles. The maximum atomic E-state index is 12.3. The number of esters is 1. The van der Waals surface area contributed by atoms with Crippen molar-refractivity contribution in [1.82, 2.24) is 15.2 Å². The first-order valence-electron chi connectivity index (χ1n) is 8.38. The van der Waals surface area contributed by atoms with E-state index in [1.165, 1.54) is 0 Å². The van der Waals surface area contributed by atoms with Gasteiger partial charge in [0.25, 0.3) is 5.89 Å². The Hall–Kier alpha value is -3.45. The van der Waals surface area contributed by atoms with Gasteiger partial charge in [-0.3, -0.25) is 0 Å². The fraction of sp³-hybridized carbons (Fsp3) is 0.100. The Labute approximate surface area is 164 Å². The maximum Gasteiger partial charge on any atom is 0.361 e. The number of aryl methyl sites for hydroxylation is 1. The van der Waals surface area contributed by atoms with Crippen LogP contribution in [0.1, 0.15) is 22.1 Å². The number of halogens is 1. The van der Waals surface area contributed by atoms with Crippen LogP contribution in [0.15, 0.2) is 63.4 Å². The lowest BCUT2D eigenvalue weighted by molar-refractivity contribution is 0.0430. The monoisotopic (exact) mass is 395 g/mol. The summed E-state index contributed by atoms with van der Waals surface area (Å²) in [6.07, 6.45) is 0. The van der Waals surface area contributed by atoms with Crippen LogP contribution in [0.25, 0.3) is 22.9 Å². The standard InChI is InChI=1S/C20H14ClN3O4/c1-12-17(22-18(27-12)13-5-3-2-4-6-13)20(25)26-11-16-23-24-19(28-16)14-7-9-15(21)10-8-14/h2-10H,11H2,1H3. The van der Waals surface area contributed by atoms with E-state index in [2.05, 4.69) is 15.2 Å². The number of ether oxygens (including phenoxy) is 1. The molecule has 0 N–H and O–H groups in total. The molecule has 0 amide bonds. The Morgan fingerprint density at radius 3 is 2.43 bits per heavy atom. The van der Waals surface area contributed by atoms with Gasteiger partial charge in [-0.2, -0.15) is 0 Å². The predicted molar refractivity (Wildman–Crippen MR) is 101 cm³/mol. The molecule has 0 saturated heterocycles. The molecule has 140 valence electrons. The van der Waals surface area contributed by atoms with Gasteiger partial charge in [0, 0.05) is 16.1 Å². The highest BCUT2D eigenvalue weighted by atomic mass is 35.5. The number of carbonyl (C=O) groups is 1. The topological polar surface area (TPSA) is 91.2 Å². The van der Waals surface area contributed by atoms with Crippen LogP contribution in [0.4, 0.5) is 0 Å². The van der Waals surface area contributed by atoms with Crippen LogP contribution in [0.5, 0.6) is 0 Å². The van der Waals surface area contributed by atoms with Gasteiger partial charge in [0.05, 0.1) is 0 Å². The molecule has 7 nitrogen and oxygen atoms in total. The molecular weight excluding hydrogens is 382 g/mol. The number of hydrogen-bond acceptors (Lipinski definition) is 7. The van der Waals surface area contributed by atoms with E-state index >= 15 is 0 Å². The van der Waals surface area contributed by atoms with Crippen LogP contribution in [0.3, 0.4) is 0 Å². The normalized spacial score (nSPS) is 10.8. The highest BCUT2D eigenvalue weighted by Gasteiger charge is 2.20. The molecule has 4 rings (SSSR count). The van der Waals surface area contributed by atoms with Gasteiger partial charge < -0.3 is 13.6 Å². The van der Waals surface area contributed by atoms with E-state index in [0.29, 0.717) is 28.1 Å². The van der Waals surface area contributed by atoms with Crippen molar-refractivity contribution in [2.75, 3.05) is 0 Å². The fourth-order valence-electron chi connectivity index (χ4n) is 2.51. The number of aromatic nitrogens is 3. The second kappa shape index (κ2) is 7.66. The average Bonchev–Trinajstić information content (AvgIpc) is 3.34. The van der Waals surface area contributed by atoms with Crippen LogP contribution in [0.2, 0.25) is 5.02 Å². The van der Waals surface area contributed by atoms with Crippen molar-refractivity contribution < 1.29 is 18.4 Å². The zero-order valence-corrected chi connectivity index (χ0v) is 15.5. The molecular formula is C20H14ClN3O4. The molecule has 2 heterocycles. The Bertz CT molecular complexity index is 1100. The third-order valence-electron chi connectivity index (χ3n) is 3.90. The Morgan fingerprint density at radius 1 is 0.964 bits per heavy atom. The fourth-order valence-corrected chi connectivity index (χ4v) is 2.63. The van der Waals surface area contributed by atoms with Gasteiger partial charge in [0.1, 0.15) is 5.76 Å². The summed E-state index contributed by atoms with van der Waals surface area (Å²) < 4.78 is 16.3. The first-order chi connectivity index (χ1) is 13.6. The molecule has 0 atom stereocenters. The molecule has 0 aliphatic heterocycles. The number of nitrogens with zero attached hydrogens (tertiary/aromatic N) is 3. The Kier molecular flexibility index (Phi) is 4.90. The van der Waals surface area contributed by atoms with E-state index in [1.54, 1.807) is 31.2 Å². The molecule has 0 spiro atoms. The average molecular weight is 396 g/mol. The second-order valence-electron chi connectivity index (χ2n) is 5.87. The van der Waals surface area contributed by atoms with Gasteiger partial charge in [-0.1, -0.05) is 29.8 Å². The molecule has 0 unspecified atom stereocenters. The van der Waals surface area contributed by atoms with Crippen molar-refractivity contribution in [3.05, 3.63) is 77.0 Å². The SMILES string of the molecule is Cc1oc(-c2ccccc2)nc1C(=O)OCc1nnc(-c2ccc(Cl)cc2)o1. The van der Waals surface area contributed by atoms with Crippen LogP contribution in [0, 0.1) is 6.92 Å². The van der Waals surface area contributed by atoms with Crippen LogP contribution < -0.4 is 0 Å². The lowest BCUT2D eigenvalue weighted by Crippen LogP contribution is -2.07. The van der Waals surface area contributed by atoms with E-state index in [9.17, 15) is 4.79 Å². The third kappa shape index (κ3) is 3.79. The summed E-state index contributed by atoms with van der Waals surface area (Å²) >= 11 is 5.86. The van der Waals surface area contributed by atoms with E-state index in [1.807, 2.05) is 30.3 Å². The molecule has 2 aromatic carbocycles. The molecule has 0 saturated carbocycles. The second-order valence-corrected chi connectivity index (χ2v) is 6.31. The Balaban J connectivity index is 1.44. The number of benzene rings is 2. The zero-order chi connectivity index (χ0) is 19.5. The van der Waals surface area contributed by atoms with E-state index in [-0.39, 0.29) is 18.2 Å². The van der Waals surface area contributed by atoms with Gasteiger partial charge in [-0.05, 0) is 43.3 Å². The summed E-state index contributed by atoms with van der Waals surface area (Å²) in [5.41, 5.74) is 1.60. The minimum absolute atomic E-state index is 0.108. The molecule has 0 fully saturated rings. The molecule has 4 aromatic rings. The zero-order valence-electron chi connectivity index (χ0n) is 14.8. The summed E-state index contributed by atoms with van der Waals surface area (Å²) in [6, 6.07) is 16.3. The first-order valence-corrected chi connectivity index (χ1v) is 8.76. The van der Waals surface area contributed by atoms with Crippen molar-refractivity contribution in [2.24, 2.45) is 0 Å².